The summed E-state index contributed by atoms with van der Waals surface area (Å²) >= 11 is 0. The van der Waals surface area contributed by atoms with Gasteiger partial charge in [0.2, 0.25) is 0 Å². The number of ether oxygens (including phenoxy) is 3. The molecular formula is C14H20O5. The third kappa shape index (κ3) is 5.18. The van der Waals surface area contributed by atoms with Gasteiger partial charge in [0, 0.05) is 6.61 Å². The molecule has 1 aromatic carbocycles. The van der Waals surface area contributed by atoms with Crippen LogP contribution in [0.2, 0.25) is 0 Å². The molecule has 0 saturated heterocycles. The minimum absolute atomic E-state index is 0.179. The Balaban J connectivity index is 2.62. The third-order valence-electron chi connectivity index (χ3n) is 2.32. The molecule has 106 valence electrons. The molecule has 0 aromatic heterocycles. The van der Waals surface area contributed by atoms with E-state index in [2.05, 4.69) is 0 Å². The molecule has 0 radical (unpaired) electrons. The fraction of sp³-hybridized carbons (Fsp3) is 0.500. The molecular weight excluding hydrogens is 248 g/mol. The van der Waals surface area contributed by atoms with Gasteiger partial charge in [-0.25, -0.2) is 4.79 Å². The van der Waals surface area contributed by atoms with Crippen molar-refractivity contribution in [3.05, 3.63) is 23.8 Å². The van der Waals surface area contributed by atoms with E-state index in [1.165, 1.54) is 12.1 Å². The highest BCUT2D eigenvalue weighted by atomic mass is 16.5. The molecule has 1 N–H and O–H groups in total. The Labute approximate surface area is 113 Å². The van der Waals surface area contributed by atoms with Crippen molar-refractivity contribution < 1.29 is 24.1 Å². The zero-order chi connectivity index (χ0) is 14.1. The van der Waals surface area contributed by atoms with Gasteiger partial charge in [0.1, 0.15) is 6.61 Å². The molecule has 5 nitrogen and oxygen atoms in total. The van der Waals surface area contributed by atoms with Crippen molar-refractivity contribution in [1.82, 2.24) is 0 Å². The minimum Gasteiger partial charge on any atom is -0.490 e. The average Bonchev–Trinajstić information content (AvgIpc) is 2.40. The number of carboxylic acid groups (broad SMARTS) is 1. The summed E-state index contributed by atoms with van der Waals surface area (Å²) in [6.07, 6.45) is 0.970. The molecule has 1 aromatic rings. The highest BCUT2D eigenvalue weighted by molar-refractivity contribution is 5.88. The topological polar surface area (TPSA) is 65.0 Å². The van der Waals surface area contributed by atoms with Crippen molar-refractivity contribution in [2.45, 2.75) is 20.3 Å². The summed E-state index contributed by atoms with van der Waals surface area (Å²) in [4.78, 5) is 10.9. The van der Waals surface area contributed by atoms with E-state index in [4.69, 9.17) is 19.3 Å². The molecule has 0 atom stereocenters. The number of carbonyl (C=O) groups is 1. The molecule has 19 heavy (non-hydrogen) atoms. The van der Waals surface area contributed by atoms with Crippen LogP contribution in [0, 0.1) is 0 Å². The van der Waals surface area contributed by atoms with Crippen LogP contribution in [-0.2, 0) is 4.74 Å². The van der Waals surface area contributed by atoms with Crippen LogP contribution in [0.3, 0.4) is 0 Å². The molecule has 5 heteroatoms. The predicted molar refractivity (Wildman–Crippen MR) is 71.2 cm³/mol. The van der Waals surface area contributed by atoms with Crippen LogP contribution in [0.4, 0.5) is 0 Å². The van der Waals surface area contributed by atoms with Crippen molar-refractivity contribution in [2.75, 3.05) is 26.4 Å². The quantitative estimate of drug-likeness (QED) is 0.697. The Morgan fingerprint density at radius 3 is 2.53 bits per heavy atom. The molecule has 1 rings (SSSR count). The molecule has 0 aliphatic carbocycles. The Kier molecular flexibility index (Phi) is 6.74. The van der Waals surface area contributed by atoms with Gasteiger partial charge in [-0.3, -0.25) is 0 Å². The molecule has 0 fully saturated rings. The molecule has 0 unspecified atom stereocenters. The van der Waals surface area contributed by atoms with Gasteiger partial charge in [-0.2, -0.15) is 0 Å². The number of hydrogen-bond acceptors (Lipinski definition) is 4. The first kappa shape index (κ1) is 15.3. The van der Waals surface area contributed by atoms with E-state index < -0.39 is 5.97 Å². The summed E-state index contributed by atoms with van der Waals surface area (Å²) in [6, 6.07) is 4.56. The largest absolute Gasteiger partial charge is 0.490 e. The predicted octanol–water partition coefficient (Wildman–Crippen LogP) is 2.59. The molecule has 0 saturated carbocycles. The second kappa shape index (κ2) is 8.37. The van der Waals surface area contributed by atoms with Crippen molar-refractivity contribution in [1.29, 1.82) is 0 Å². The van der Waals surface area contributed by atoms with Crippen LogP contribution < -0.4 is 9.47 Å². The third-order valence-corrected chi connectivity index (χ3v) is 2.32. The van der Waals surface area contributed by atoms with Gasteiger partial charge >= 0.3 is 5.97 Å². The molecule has 0 spiro atoms. The van der Waals surface area contributed by atoms with Crippen molar-refractivity contribution >= 4 is 5.97 Å². The van der Waals surface area contributed by atoms with E-state index in [1.54, 1.807) is 6.07 Å². The zero-order valence-electron chi connectivity index (χ0n) is 11.3. The summed E-state index contributed by atoms with van der Waals surface area (Å²) in [5.74, 6) is -0.0105. The summed E-state index contributed by atoms with van der Waals surface area (Å²) in [5.41, 5.74) is 0.179. The second-order valence-corrected chi connectivity index (χ2v) is 3.86. The maximum absolute atomic E-state index is 10.9. The lowest BCUT2D eigenvalue weighted by Crippen LogP contribution is -2.08. The lowest BCUT2D eigenvalue weighted by atomic mass is 10.2. The van der Waals surface area contributed by atoms with Crippen LogP contribution in [0.15, 0.2) is 18.2 Å². The van der Waals surface area contributed by atoms with Crippen molar-refractivity contribution in [3.63, 3.8) is 0 Å². The van der Waals surface area contributed by atoms with Crippen LogP contribution in [0.25, 0.3) is 0 Å². The molecule has 0 aliphatic heterocycles. The maximum Gasteiger partial charge on any atom is 0.335 e. The second-order valence-electron chi connectivity index (χ2n) is 3.86. The number of aromatic carboxylic acids is 1. The van der Waals surface area contributed by atoms with Gasteiger partial charge in [0.05, 0.1) is 18.8 Å². The summed E-state index contributed by atoms with van der Waals surface area (Å²) in [6.45, 7) is 5.94. The van der Waals surface area contributed by atoms with Crippen LogP contribution in [0.5, 0.6) is 11.5 Å². The molecule has 0 bridgehead atoms. The first-order valence-electron chi connectivity index (χ1n) is 6.39. The van der Waals surface area contributed by atoms with E-state index in [0.717, 1.165) is 6.42 Å². The Morgan fingerprint density at radius 1 is 1.11 bits per heavy atom. The van der Waals surface area contributed by atoms with E-state index in [1.807, 2.05) is 13.8 Å². The molecule has 0 heterocycles. The standard InChI is InChI=1S/C14H20O5/c1-3-7-17-8-9-19-12-6-5-11(14(15)16)10-13(12)18-4-2/h5-6,10H,3-4,7-9H2,1-2H3,(H,15,16). The summed E-state index contributed by atoms with van der Waals surface area (Å²) in [7, 11) is 0. The monoisotopic (exact) mass is 268 g/mol. The number of hydrogen-bond donors (Lipinski definition) is 1. The van der Waals surface area contributed by atoms with Crippen LogP contribution in [-0.4, -0.2) is 37.5 Å². The Bertz CT molecular complexity index is 403. The van der Waals surface area contributed by atoms with Gasteiger partial charge in [-0.15, -0.1) is 0 Å². The fourth-order valence-electron chi connectivity index (χ4n) is 1.49. The van der Waals surface area contributed by atoms with Crippen LogP contribution >= 0.6 is 0 Å². The number of carboxylic acids is 1. The SMILES string of the molecule is CCCOCCOc1ccc(C(=O)O)cc1OCC. The average molecular weight is 268 g/mol. The van der Waals surface area contributed by atoms with E-state index in [0.29, 0.717) is 37.9 Å². The summed E-state index contributed by atoms with van der Waals surface area (Å²) in [5, 5.41) is 8.93. The Morgan fingerprint density at radius 2 is 1.89 bits per heavy atom. The minimum atomic E-state index is -0.987. The number of benzene rings is 1. The smallest absolute Gasteiger partial charge is 0.335 e. The van der Waals surface area contributed by atoms with Crippen molar-refractivity contribution in [3.8, 4) is 11.5 Å². The lowest BCUT2D eigenvalue weighted by molar-refractivity contribution is 0.0696. The first-order valence-corrected chi connectivity index (χ1v) is 6.39. The fourth-order valence-corrected chi connectivity index (χ4v) is 1.49. The van der Waals surface area contributed by atoms with Gasteiger partial charge in [0.15, 0.2) is 11.5 Å². The zero-order valence-corrected chi connectivity index (χ0v) is 11.3. The molecule has 0 amide bonds. The van der Waals surface area contributed by atoms with E-state index in [-0.39, 0.29) is 5.56 Å². The van der Waals surface area contributed by atoms with Crippen molar-refractivity contribution in [2.24, 2.45) is 0 Å². The Hall–Kier alpha value is -1.75. The van der Waals surface area contributed by atoms with Gasteiger partial charge in [-0.05, 0) is 31.5 Å². The van der Waals surface area contributed by atoms with Gasteiger partial charge < -0.3 is 19.3 Å². The highest BCUT2D eigenvalue weighted by Crippen LogP contribution is 2.28. The maximum atomic E-state index is 10.9. The van der Waals surface area contributed by atoms with E-state index >= 15 is 0 Å². The highest BCUT2D eigenvalue weighted by Gasteiger charge is 2.10. The lowest BCUT2D eigenvalue weighted by Gasteiger charge is -2.12. The summed E-state index contributed by atoms with van der Waals surface area (Å²) < 4.78 is 16.2. The number of rotatable bonds is 9. The van der Waals surface area contributed by atoms with Crippen LogP contribution in [0.1, 0.15) is 30.6 Å². The first-order chi connectivity index (χ1) is 9.19. The van der Waals surface area contributed by atoms with E-state index in [9.17, 15) is 4.79 Å². The van der Waals surface area contributed by atoms with Gasteiger partial charge in [0.25, 0.3) is 0 Å². The molecule has 0 aliphatic rings. The van der Waals surface area contributed by atoms with Gasteiger partial charge in [-0.1, -0.05) is 6.92 Å². The normalized spacial score (nSPS) is 10.2.